The van der Waals surface area contributed by atoms with E-state index in [1.807, 2.05) is 183 Å². The smallest absolute Gasteiger partial charge is 0.188 e. The molecule has 0 bridgehead atoms. The van der Waals surface area contributed by atoms with Gasteiger partial charge in [0.05, 0.1) is 124 Å². The van der Waals surface area contributed by atoms with Gasteiger partial charge in [0.15, 0.2) is 5.69 Å². The molecule has 24 heteroatoms. The molecule has 0 unspecified atom stereocenters. The van der Waals surface area contributed by atoms with E-state index < -0.39 is 0 Å². The SMILES string of the molecule is Clc1[nH]c2ccccc2c1C1=Nc2c(c3cccnc3c3ncccc23)C1.Fc1ccc2[nH]cc(C3=Nc4c(c5cccnc5c5ncccc45)C3)c2c1.Nc1ccc2[nH]cc(C3=Nc4c(c5cccnc5c5ncccc45)C3)c2c1.[C-]#[N+]c1ccc2[nH]cc(C3=Nc4c(c5cccnc5c5ncccc45)C3)c2c1.c1ccc(-c2[nH]c3ccccc3c2C2=Nc3c(c4cccnc4c4ncccc34)C2)cc1. The van der Waals surface area contributed by atoms with Gasteiger partial charge >= 0.3 is 0 Å². The minimum Gasteiger partial charge on any atom is -0.399 e. The molecule has 26 aromatic rings. The first-order chi connectivity index (χ1) is 69.6. The number of nitrogens with zero attached hydrogens (tertiary/aromatic N) is 16. The maximum atomic E-state index is 13.8. The summed E-state index contributed by atoms with van der Waals surface area (Å²) in [6, 6.07) is 84.0. The number of H-pyrrole nitrogens is 5. The number of pyridine rings is 10. The van der Waals surface area contributed by atoms with Crippen LogP contribution in [0.3, 0.4) is 0 Å². The highest BCUT2D eigenvalue weighted by atomic mass is 35.5. The number of halogens is 2. The van der Waals surface area contributed by atoms with E-state index in [9.17, 15) is 4.39 Å². The molecule has 0 fully saturated rings. The molecule has 0 radical (unpaired) electrons. The largest absolute Gasteiger partial charge is 0.399 e. The van der Waals surface area contributed by atoms with Gasteiger partial charge in [-0.2, -0.15) is 0 Å². The van der Waals surface area contributed by atoms with Crippen molar-refractivity contribution in [1.29, 1.82) is 0 Å². The van der Waals surface area contributed by atoms with Crippen molar-refractivity contribution in [2.24, 2.45) is 25.0 Å². The van der Waals surface area contributed by atoms with E-state index in [1.165, 1.54) is 39.3 Å². The average molecular weight is 1840 g/mol. The number of fused-ring (bicyclic) bond motifs is 35. The molecule has 20 heterocycles. The van der Waals surface area contributed by atoms with Crippen molar-refractivity contribution in [2.75, 3.05) is 5.73 Å². The summed E-state index contributed by atoms with van der Waals surface area (Å²) in [4.78, 5) is 91.6. The summed E-state index contributed by atoms with van der Waals surface area (Å²) in [5, 5.41) is 16.6. The maximum Gasteiger partial charge on any atom is 0.188 e. The number of rotatable bonds is 6. The van der Waals surface area contributed by atoms with E-state index in [0.717, 1.165) is 286 Å². The Morgan fingerprint density at radius 1 is 0.277 bits per heavy atom. The Balaban J connectivity index is 0.0000000884. The third-order valence-corrected chi connectivity index (χ3v) is 27.9. The lowest BCUT2D eigenvalue weighted by Gasteiger charge is -2.08. The maximum absolute atomic E-state index is 13.8. The van der Waals surface area contributed by atoms with Gasteiger partial charge in [0.2, 0.25) is 0 Å². The van der Waals surface area contributed by atoms with E-state index in [-0.39, 0.29) is 5.82 Å². The monoisotopic (exact) mass is 1840 g/mol. The van der Waals surface area contributed by atoms with Crippen molar-refractivity contribution in [3.05, 3.63) is 413 Å². The fourth-order valence-electron chi connectivity index (χ4n) is 21.3. The van der Waals surface area contributed by atoms with Gasteiger partial charge in [-0.1, -0.05) is 115 Å². The highest BCUT2D eigenvalue weighted by Crippen LogP contribution is 2.50. The fourth-order valence-corrected chi connectivity index (χ4v) is 21.7. The summed E-state index contributed by atoms with van der Waals surface area (Å²) in [5.41, 5.74) is 45.1. The summed E-state index contributed by atoms with van der Waals surface area (Å²) in [6.07, 6.45) is 27.7. The Morgan fingerprint density at radius 3 is 0.965 bits per heavy atom. The Hall–Kier alpha value is -18.9. The molecule has 0 aliphatic carbocycles. The number of hydrogen-bond donors (Lipinski definition) is 6. The first-order valence-electron chi connectivity index (χ1n) is 46.3. The zero-order valence-corrected chi connectivity index (χ0v) is 75.5. The zero-order valence-electron chi connectivity index (χ0n) is 74.8. The topological polar surface area (TPSA) is 300 Å². The summed E-state index contributed by atoms with van der Waals surface area (Å²) in [6.45, 7) is 7.31. The lowest BCUT2D eigenvalue weighted by Crippen LogP contribution is -2.02. The van der Waals surface area contributed by atoms with Gasteiger partial charge in [-0.05, 0) is 190 Å². The highest BCUT2D eigenvalue weighted by Gasteiger charge is 2.33. The molecule has 0 atom stereocenters. The van der Waals surface area contributed by atoms with Gasteiger partial charge < -0.3 is 30.7 Å². The molecular formula is C117H72ClFN22. The van der Waals surface area contributed by atoms with Crippen molar-refractivity contribution in [2.45, 2.75) is 32.1 Å². The molecule has 15 aromatic heterocycles. The molecule has 11 aromatic carbocycles. The number of nitrogens with two attached hydrogens (primary N) is 1. The van der Waals surface area contributed by atoms with Crippen LogP contribution in [-0.2, 0) is 32.1 Å². The predicted molar refractivity (Wildman–Crippen MR) is 567 cm³/mol. The molecule has 141 heavy (non-hydrogen) atoms. The van der Waals surface area contributed by atoms with Crippen molar-refractivity contribution in [3.63, 3.8) is 0 Å². The third kappa shape index (κ3) is 13.5. The standard InChI is InChI=1S/C28H18N4.C23H13N5.C22H13ClN4.C22H13FN4.C22H15N5/c1-2-8-17(9-3-1)25-24(19-10-4-5-13-22(19)31-25)23-16-21-18-11-6-14-29-27(18)28-20(26(21)32-23)12-7-15-30-28;1-24-13-6-7-19-16(10-13)18(12-27-19)20-11-17-14-4-2-8-25-22(14)23-15(21(17)28-20)5-3-9-26-23;23-22-18(13-5-1-2-8-16(13)27-22)17-11-15-12-6-3-9-24-20(12)21-14(19(15)26-17)7-4-10-25-21;2*23-12-5-6-18-15(9-12)17(11-26-18)19-10-16-13-3-1-7-24-21(13)22-14(20(16)27-19)4-2-8-25-22/h1-15,31H,16H2;2-10,12,27H,11H2;1-10,27H,11H2;1-9,11,26H,10H2;1-9,11,26H,10,23H2. The second kappa shape index (κ2) is 33.0. The van der Waals surface area contributed by atoms with Crippen molar-refractivity contribution in [1.82, 2.24) is 74.8 Å². The minimum absolute atomic E-state index is 0.247. The number of anilines is 1. The molecule has 0 saturated heterocycles. The second-order valence-electron chi connectivity index (χ2n) is 35.4. The molecule has 5 aliphatic rings. The average Bonchev–Trinajstić information content (AvgIpc) is 1.61. The number of aliphatic imine (C=N–C) groups is 5. The molecular weight excluding hydrogens is 1770 g/mol. The first-order valence-corrected chi connectivity index (χ1v) is 46.6. The molecule has 0 amide bonds. The van der Waals surface area contributed by atoms with Crippen LogP contribution in [0.4, 0.5) is 44.2 Å². The third-order valence-electron chi connectivity index (χ3n) is 27.6. The Bertz CT molecular complexity index is 9880. The summed E-state index contributed by atoms with van der Waals surface area (Å²) in [5.74, 6) is -0.247. The number of aromatic amines is 5. The van der Waals surface area contributed by atoms with Gasteiger partial charge in [-0.3, -0.25) is 74.8 Å². The van der Waals surface area contributed by atoms with E-state index in [0.29, 0.717) is 17.3 Å². The Labute approximate surface area is 804 Å². The number of hydrogen-bond acceptors (Lipinski definition) is 16. The van der Waals surface area contributed by atoms with Crippen molar-refractivity contribution < 1.29 is 4.39 Å². The van der Waals surface area contributed by atoms with Crippen molar-refractivity contribution >= 4 is 244 Å². The van der Waals surface area contributed by atoms with Gasteiger partial charge in [-0.15, -0.1) is 0 Å². The Morgan fingerprint density at radius 2 is 0.574 bits per heavy atom. The van der Waals surface area contributed by atoms with Gasteiger partial charge in [0.25, 0.3) is 0 Å². The lowest BCUT2D eigenvalue weighted by atomic mass is 9.95. The summed E-state index contributed by atoms with van der Waals surface area (Å²) >= 11 is 6.57. The molecule has 0 spiro atoms. The minimum atomic E-state index is -0.247. The number of benzene rings is 11. The predicted octanol–water partition coefficient (Wildman–Crippen LogP) is 27.3. The van der Waals surface area contributed by atoms with E-state index in [4.69, 9.17) is 48.9 Å². The number of aromatic nitrogens is 15. The van der Waals surface area contributed by atoms with Gasteiger partial charge in [0, 0.05) is 249 Å². The summed E-state index contributed by atoms with van der Waals surface area (Å²) < 4.78 is 13.8. The van der Waals surface area contributed by atoms with E-state index >= 15 is 0 Å². The van der Waals surface area contributed by atoms with Crippen LogP contribution in [0.15, 0.2) is 360 Å². The molecule has 5 aliphatic heterocycles. The number of para-hydroxylation sites is 2. The fraction of sp³-hybridized carbons (Fsp3) is 0.0427. The molecule has 31 rings (SSSR count). The first kappa shape index (κ1) is 81.6. The van der Waals surface area contributed by atoms with E-state index in [1.54, 1.807) is 36.9 Å². The number of nitrogen functional groups attached to an aromatic ring is 1. The molecule has 0 saturated carbocycles. The zero-order chi connectivity index (χ0) is 93.6. The van der Waals surface area contributed by atoms with Crippen LogP contribution < -0.4 is 5.73 Å². The van der Waals surface area contributed by atoms with Crippen LogP contribution in [0.25, 0.3) is 180 Å². The Kier molecular flexibility index (Phi) is 19.1. The van der Waals surface area contributed by atoms with Crippen molar-refractivity contribution in [3.8, 4) is 11.3 Å². The van der Waals surface area contributed by atoms with Gasteiger partial charge in [0.1, 0.15) is 11.0 Å². The van der Waals surface area contributed by atoms with Crippen LogP contribution in [-0.4, -0.2) is 103 Å². The van der Waals surface area contributed by atoms with Gasteiger partial charge in [-0.25, -0.2) is 9.24 Å². The highest BCUT2D eigenvalue weighted by molar-refractivity contribution is 6.37. The molecule has 664 valence electrons. The second-order valence-corrected chi connectivity index (χ2v) is 35.8. The molecule has 7 N–H and O–H groups in total. The normalized spacial score (nSPS) is 13.3. The van der Waals surface area contributed by atoms with Crippen LogP contribution in [0.2, 0.25) is 5.15 Å². The lowest BCUT2D eigenvalue weighted by molar-refractivity contribution is 0.629. The van der Waals surface area contributed by atoms with Crippen LogP contribution in [0, 0.1) is 12.4 Å². The van der Waals surface area contributed by atoms with Crippen LogP contribution in [0.5, 0.6) is 0 Å². The number of nitrogens with one attached hydrogen (secondary N) is 5. The van der Waals surface area contributed by atoms with Crippen LogP contribution >= 0.6 is 11.6 Å². The summed E-state index contributed by atoms with van der Waals surface area (Å²) in [7, 11) is 0. The van der Waals surface area contributed by atoms with E-state index in [2.05, 4.69) is 189 Å². The molecule has 22 nitrogen and oxygen atoms in total. The quantitative estimate of drug-likeness (QED) is 0.0516. The van der Waals surface area contributed by atoms with Crippen LogP contribution in [0.1, 0.15) is 55.6 Å².